The number of fused-ring (bicyclic) bond motifs is 1. The van der Waals surface area contributed by atoms with E-state index in [2.05, 4.69) is 22.2 Å². The zero-order valence-corrected chi connectivity index (χ0v) is 19.7. The Hall–Kier alpha value is -3.16. The Labute approximate surface area is 195 Å². The number of anilines is 2. The molecule has 8 heteroatoms. The Morgan fingerprint density at radius 1 is 1.12 bits per heavy atom. The van der Waals surface area contributed by atoms with Gasteiger partial charge in [-0.05, 0) is 56.7 Å². The number of ether oxygens (including phenoxy) is 2. The van der Waals surface area contributed by atoms with Crippen LogP contribution in [-0.4, -0.2) is 29.7 Å². The lowest BCUT2D eigenvalue weighted by Crippen LogP contribution is -2.03. The van der Waals surface area contributed by atoms with Crippen molar-refractivity contribution in [2.75, 3.05) is 19.0 Å². The van der Waals surface area contributed by atoms with Crippen LogP contribution < -0.4 is 10.1 Å². The first-order valence-corrected chi connectivity index (χ1v) is 11.3. The molecule has 0 aliphatic carbocycles. The number of halogens is 1. The highest BCUT2D eigenvalue weighted by atomic mass is 35.5. The first-order chi connectivity index (χ1) is 15.4. The molecule has 0 radical (unpaired) electrons. The molecule has 32 heavy (non-hydrogen) atoms. The van der Waals surface area contributed by atoms with Crippen molar-refractivity contribution >= 4 is 50.6 Å². The highest BCUT2D eigenvalue weighted by Crippen LogP contribution is 2.42. The number of esters is 1. The molecule has 6 nitrogen and oxygen atoms in total. The van der Waals surface area contributed by atoms with Crippen LogP contribution in [0.5, 0.6) is 5.75 Å². The van der Waals surface area contributed by atoms with Crippen LogP contribution in [-0.2, 0) is 4.74 Å². The molecule has 0 unspecified atom stereocenters. The number of nitrogens with zero attached hydrogens (tertiary/aromatic N) is 2. The number of aryl methyl sites for hydroxylation is 2. The fourth-order valence-corrected chi connectivity index (χ4v) is 4.79. The van der Waals surface area contributed by atoms with Gasteiger partial charge in [0.15, 0.2) is 0 Å². The van der Waals surface area contributed by atoms with Crippen molar-refractivity contribution in [1.82, 2.24) is 9.97 Å². The van der Waals surface area contributed by atoms with Crippen molar-refractivity contribution in [1.29, 1.82) is 0 Å². The Morgan fingerprint density at radius 2 is 1.88 bits per heavy atom. The predicted molar refractivity (Wildman–Crippen MR) is 130 cm³/mol. The number of carbonyl (C=O) groups excluding carboxylic acids is 1. The van der Waals surface area contributed by atoms with E-state index in [-0.39, 0.29) is 0 Å². The third-order valence-electron chi connectivity index (χ3n) is 4.93. The minimum atomic E-state index is -0.435. The second-order valence-electron chi connectivity index (χ2n) is 7.10. The number of aromatic nitrogens is 2. The summed E-state index contributed by atoms with van der Waals surface area (Å²) in [7, 11) is 1.35. The van der Waals surface area contributed by atoms with Crippen LogP contribution in [0.3, 0.4) is 0 Å². The number of methoxy groups -OCH3 is 1. The molecule has 4 rings (SSSR count). The average Bonchev–Trinajstić information content (AvgIpc) is 3.11. The van der Waals surface area contributed by atoms with E-state index in [0.29, 0.717) is 34.5 Å². The maximum atomic E-state index is 12.0. The second kappa shape index (κ2) is 9.14. The third kappa shape index (κ3) is 4.26. The van der Waals surface area contributed by atoms with E-state index in [1.807, 2.05) is 38.1 Å². The predicted octanol–water partition coefficient (Wildman–Crippen LogP) is 6.56. The maximum Gasteiger partial charge on any atom is 0.337 e. The lowest BCUT2D eigenvalue weighted by Gasteiger charge is -2.12. The molecule has 0 bridgehead atoms. The molecule has 0 saturated heterocycles. The van der Waals surface area contributed by atoms with E-state index >= 15 is 0 Å². The van der Waals surface area contributed by atoms with Crippen LogP contribution in [0.2, 0.25) is 5.02 Å². The fraction of sp³-hybridized carbons (Fsp3) is 0.208. The van der Waals surface area contributed by atoms with E-state index in [4.69, 9.17) is 21.1 Å². The molecule has 0 spiro atoms. The number of rotatable bonds is 6. The molecule has 0 fully saturated rings. The number of hydrogen-bond acceptors (Lipinski definition) is 7. The van der Waals surface area contributed by atoms with Gasteiger partial charge in [0.25, 0.3) is 0 Å². The largest absolute Gasteiger partial charge is 0.494 e. The summed E-state index contributed by atoms with van der Waals surface area (Å²) in [4.78, 5) is 23.3. The molecular formula is C24H22ClN3O3S. The van der Waals surface area contributed by atoms with Crippen molar-refractivity contribution in [2.45, 2.75) is 20.8 Å². The van der Waals surface area contributed by atoms with E-state index < -0.39 is 5.97 Å². The van der Waals surface area contributed by atoms with Gasteiger partial charge in [-0.2, -0.15) is 0 Å². The normalized spacial score (nSPS) is 10.9. The second-order valence-corrected chi connectivity index (χ2v) is 8.71. The van der Waals surface area contributed by atoms with Crippen molar-refractivity contribution in [3.63, 3.8) is 0 Å². The highest BCUT2D eigenvalue weighted by molar-refractivity contribution is 7.19. The highest BCUT2D eigenvalue weighted by Gasteiger charge is 2.19. The smallest absolute Gasteiger partial charge is 0.337 e. The van der Waals surface area contributed by atoms with E-state index in [1.165, 1.54) is 7.11 Å². The maximum absolute atomic E-state index is 12.0. The molecule has 0 atom stereocenters. The average molecular weight is 468 g/mol. The molecule has 2 aromatic heterocycles. The van der Waals surface area contributed by atoms with E-state index in [1.54, 1.807) is 29.5 Å². The van der Waals surface area contributed by atoms with E-state index in [9.17, 15) is 4.79 Å². The number of hydrogen-bond donors (Lipinski definition) is 1. The van der Waals surface area contributed by atoms with Gasteiger partial charge in [-0.25, -0.2) is 14.8 Å². The fourth-order valence-electron chi connectivity index (χ4n) is 3.53. The van der Waals surface area contributed by atoms with Crippen LogP contribution in [0.1, 0.15) is 28.0 Å². The zero-order valence-electron chi connectivity index (χ0n) is 18.2. The topological polar surface area (TPSA) is 73.3 Å². The standard InChI is InChI=1S/C24H22ClN3O3S/c1-5-31-17-9-6-15(7-10-17)20-13(2)32-23-21(20)22(26-14(3)27-23)28-19-12-16(24(29)30-4)8-11-18(19)25/h6-12H,5H2,1-4H3,(H,26,27,28). The molecular weight excluding hydrogens is 446 g/mol. The number of thiophene rings is 1. The lowest BCUT2D eigenvalue weighted by atomic mass is 10.0. The van der Waals surface area contributed by atoms with Gasteiger partial charge >= 0.3 is 5.97 Å². The molecule has 0 aliphatic heterocycles. The van der Waals surface area contributed by atoms with Crippen LogP contribution in [0.4, 0.5) is 11.5 Å². The Morgan fingerprint density at radius 3 is 2.56 bits per heavy atom. The molecule has 0 saturated carbocycles. The summed E-state index contributed by atoms with van der Waals surface area (Å²) in [5.41, 5.74) is 3.06. The minimum Gasteiger partial charge on any atom is -0.494 e. The van der Waals surface area contributed by atoms with Gasteiger partial charge in [0.1, 0.15) is 22.2 Å². The van der Waals surface area contributed by atoms with Gasteiger partial charge in [0, 0.05) is 10.4 Å². The monoisotopic (exact) mass is 467 g/mol. The molecule has 0 amide bonds. The van der Waals surface area contributed by atoms with Gasteiger partial charge in [-0.15, -0.1) is 11.3 Å². The molecule has 2 heterocycles. The van der Waals surface area contributed by atoms with Crippen molar-refractivity contribution in [3.8, 4) is 16.9 Å². The van der Waals surface area contributed by atoms with Crippen molar-refractivity contribution in [3.05, 3.63) is 63.8 Å². The van der Waals surface area contributed by atoms with Crippen LogP contribution in [0.15, 0.2) is 42.5 Å². The van der Waals surface area contributed by atoms with Gasteiger partial charge in [0.05, 0.1) is 35.4 Å². The van der Waals surface area contributed by atoms with Gasteiger partial charge in [-0.1, -0.05) is 23.7 Å². The van der Waals surface area contributed by atoms with Crippen LogP contribution >= 0.6 is 22.9 Å². The van der Waals surface area contributed by atoms with Crippen molar-refractivity contribution < 1.29 is 14.3 Å². The molecule has 1 N–H and O–H groups in total. The van der Waals surface area contributed by atoms with E-state index in [0.717, 1.165) is 32.0 Å². The van der Waals surface area contributed by atoms with Gasteiger partial charge in [0.2, 0.25) is 0 Å². The summed E-state index contributed by atoms with van der Waals surface area (Å²) >= 11 is 8.04. The lowest BCUT2D eigenvalue weighted by molar-refractivity contribution is 0.0601. The Kier molecular flexibility index (Phi) is 6.30. The van der Waals surface area contributed by atoms with Gasteiger partial charge < -0.3 is 14.8 Å². The molecule has 2 aromatic carbocycles. The summed E-state index contributed by atoms with van der Waals surface area (Å²) in [6.07, 6.45) is 0. The molecule has 4 aromatic rings. The summed E-state index contributed by atoms with van der Waals surface area (Å²) in [5.74, 6) is 1.66. The number of carbonyl (C=O) groups is 1. The Balaban J connectivity index is 1.85. The summed E-state index contributed by atoms with van der Waals surface area (Å²) in [5, 5.41) is 4.70. The molecule has 0 aliphatic rings. The van der Waals surface area contributed by atoms with Crippen molar-refractivity contribution in [2.24, 2.45) is 0 Å². The van der Waals surface area contributed by atoms with Crippen LogP contribution in [0, 0.1) is 13.8 Å². The van der Waals surface area contributed by atoms with Gasteiger partial charge in [-0.3, -0.25) is 0 Å². The number of nitrogens with one attached hydrogen (secondary N) is 1. The summed E-state index contributed by atoms with van der Waals surface area (Å²) in [6.45, 7) is 6.50. The first-order valence-electron chi connectivity index (χ1n) is 10.1. The Bertz CT molecular complexity index is 1300. The van der Waals surface area contributed by atoms with Crippen LogP contribution in [0.25, 0.3) is 21.3 Å². The molecule has 164 valence electrons. The third-order valence-corrected chi connectivity index (χ3v) is 6.26. The number of benzene rings is 2. The first kappa shape index (κ1) is 22.0. The summed E-state index contributed by atoms with van der Waals surface area (Å²) in [6, 6.07) is 12.9. The quantitative estimate of drug-likeness (QED) is 0.324. The zero-order chi connectivity index (χ0) is 22.8. The summed E-state index contributed by atoms with van der Waals surface area (Å²) < 4.78 is 10.4. The SMILES string of the molecule is CCOc1ccc(-c2c(C)sc3nc(C)nc(Nc4cc(C(=O)OC)ccc4Cl)c23)cc1. The minimum absolute atomic E-state index is 0.398.